The summed E-state index contributed by atoms with van der Waals surface area (Å²) >= 11 is 0. The van der Waals surface area contributed by atoms with Crippen LogP contribution >= 0.6 is 0 Å². The fourth-order valence-electron chi connectivity index (χ4n) is 3.67. The highest BCUT2D eigenvalue weighted by molar-refractivity contribution is 5.79. The Morgan fingerprint density at radius 3 is 2.48 bits per heavy atom. The van der Waals surface area contributed by atoms with E-state index in [1.54, 1.807) is 12.1 Å². The van der Waals surface area contributed by atoms with Gasteiger partial charge >= 0.3 is 5.97 Å². The van der Waals surface area contributed by atoms with E-state index in [1.807, 2.05) is 17.0 Å². The van der Waals surface area contributed by atoms with Gasteiger partial charge in [-0.2, -0.15) is 0 Å². The molecule has 136 valence electrons. The Kier molecular flexibility index (Phi) is 5.71. The van der Waals surface area contributed by atoms with Crippen molar-refractivity contribution in [2.75, 3.05) is 39.4 Å². The van der Waals surface area contributed by atoms with Gasteiger partial charge in [-0.25, -0.2) is 0 Å². The number of carbonyl (C=O) groups is 2. The maximum atomic E-state index is 12.6. The largest absolute Gasteiger partial charge is 0.427 e. The van der Waals surface area contributed by atoms with Crippen molar-refractivity contribution < 1.29 is 19.1 Å². The van der Waals surface area contributed by atoms with E-state index in [9.17, 15) is 9.59 Å². The van der Waals surface area contributed by atoms with Gasteiger partial charge in [-0.1, -0.05) is 19.1 Å². The molecule has 0 bridgehead atoms. The SMILES string of the molecule is CC(=O)Oc1ccc(CC(=O)N2C[C@@H](C)[C@H](N3CCOCC3)C2)cc1. The molecule has 2 heterocycles. The zero-order valence-corrected chi connectivity index (χ0v) is 14.9. The fraction of sp³-hybridized carbons (Fsp3) is 0.579. The van der Waals surface area contributed by atoms with Gasteiger partial charge in [-0.3, -0.25) is 14.5 Å². The van der Waals surface area contributed by atoms with Gasteiger partial charge in [0, 0.05) is 39.1 Å². The van der Waals surface area contributed by atoms with Crippen LogP contribution in [0.3, 0.4) is 0 Å². The van der Waals surface area contributed by atoms with Gasteiger partial charge in [0.2, 0.25) is 5.91 Å². The maximum Gasteiger partial charge on any atom is 0.308 e. The van der Waals surface area contributed by atoms with Crippen molar-refractivity contribution >= 4 is 11.9 Å². The number of hydrogen-bond acceptors (Lipinski definition) is 5. The number of morpholine rings is 1. The Morgan fingerprint density at radius 2 is 1.84 bits per heavy atom. The summed E-state index contributed by atoms with van der Waals surface area (Å²) in [6.45, 7) is 8.68. The molecule has 0 aromatic heterocycles. The average Bonchev–Trinajstić information content (AvgIpc) is 2.99. The fourth-order valence-corrected chi connectivity index (χ4v) is 3.67. The predicted molar refractivity (Wildman–Crippen MR) is 93.4 cm³/mol. The first-order valence-corrected chi connectivity index (χ1v) is 8.90. The molecule has 2 aliphatic heterocycles. The summed E-state index contributed by atoms with van der Waals surface area (Å²) in [6.07, 6.45) is 0.378. The lowest BCUT2D eigenvalue weighted by atomic mass is 10.0. The average molecular weight is 346 g/mol. The molecule has 1 aromatic rings. The minimum atomic E-state index is -0.343. The van der Waals surface area contributed by atoms with E-state index in [1.165, 1.54) is 6.92 Å². The van der Waals surface area contributed by atoms with Crippen LogP contribution in [0, 0.1) is 5.92 Å². The van der Waals surface area contributed by atoms with Crippen molar-refractivity contribution in [3.8, 4) is 5.75 Å². The normalized spacial score (nSPS) is 24.3. The summed E-state index contributed by atoms with van der Waals surface area (Å²) in [5.41, 5.74) is 0.934. The Morgan fingerprint density at radius 1 is 1.16 bits per heavy atom. The van der Waals surface area contributed by atoms with Crippen molar-refractivity contribution in [2.45, 2.75) is 26.3 Å². The molecule has 0 unspecified atom stereocenters. The zero-order valence-electron chi connectivity index (χ0n) is 14.9. The molecule has 0 N–H and O–H groups in total. The van der Waals surface area contributed by atoms with E-state index in [2.05, 4.69) is 11.8 Å². The second-order valence-electron chi connectivity index (χ2n) is 6.91. The van der Waals surface area contributed by atoms with Crippen LogP contribution in [0.2, 0.25) is 0 Å². The molecule has 0 spiro atoms. The molecule has 6 nitrogen and oxygen atoms in total. The van der Waals surface area contributed by atoms with Crippen LogP contribution in [0.4, 0.5) is 0 Å². The van der Waals surface area contributed by atoms with Gasteiger partial charge in [0.15, 0.2) is 0 Å². The van der Waals surface area contributed by atoms with Crippen LogP contribution in [0.25, 0.3) is 0 Å². The molecule has 2 aliphatic rings. The molecule has 2 atom stereocenters. The number of benzene rings is 1. The summed E-state index contributed by atoms with van der Waals surface area (Å²) in [5.74, 6) is 0.797. The lowest BCUT2D eigenvalue weighted by Gasteiger charge is -2.34. The number of rotatable bonds is 4. The molecule has 6 heteroatoms. The predicted octanol–water partition coefficient (Wildman–Crippen LogP) is 1.33. The zero-order chi connectivity index (χ0) is 17.8. The first-order chi connectivity index (χ1) is 12.0. The number of ether oxygens (including phenoxy) is 2. The molecular weight excluding hydrogens is 320 g/mol. The van der Waals surface area contributed by atoms with E-state index >= 15 is 0 Å². The van der Waals surface area contributed by atoms with Gasteiger partial charge in [0.05, 0.1) is 19.6 Å². The summed E-state index contributed by atoms with van der Waals surface area (Å²) in [4.78, 5) is 28.0. The molecule has 2 saturated heterocycles. The van der Waals surface area contributed by atoms with E-state index in [0.29, 0.717) is 24.1 Å². The molecule has 0 saturated carbocycles. The minimum Gasteiger partial charge on any atom is -0.427 e. The van der Waals surface area contributed by atoms with Crippen LogP contribution in [0.5, 0.6) is 5.75 Å². The number of carbonyl (C=O) groups excluding carboxylic acids is 2. The summed E-state index contributed by atoms with van der Waals surface area (Å²) < 4.78 is 10.4. The maximum absolute atomic E-state index is 12.6. The molecule has 0 aliphatic carbocycles. The molecule has 0 radical (unpaired) electrons. The van der Waals surface area contributed by atoms with Gasteiger partial charge in [-0.05, 0) is 23.6 Å². The van der Waals surface area contributed by atoms with E-state index in [4.69, 9.17) is 9.47 Å². The van der Waals surface area contributed by atoms with E-state index < -0.39 is 0 Å². The highest BCUT2D eigenvalue weighted by Crippen LogP contribution is 2.23. The summed E-state index contributed by atoms with van der Waals surface area (Å²) in [5, 5.41) is 0. The highest BCUT2D eigenvalue weighted by Gasteiger charge is 2.36. The van der Waals surface area contributed by atoms with Crippen molar-refractivity contribution in [1.82, 2.24) is 9.80 Å². The van der Waals surface area contributed by atoms with Gasteiger partial charge in [0.1, 0.15) is 5.75 Å². The van der Waals surface area contributed by atoms with E-state index in [0.717, 1.165) is 45.0 Å². The molecule has 3 rings (SSSR count). The standard InChI is InChI=1S/C19H26N2O4/c1-14-12-21(13-18(14)20-7-9-24-10-8-20)19(23)11-16-3-5-17(6-4-16)25-15(2)22/h3-6,14,18H,7-13H2,1-2H3/t14-,18-/m1/s1. The van der Waals surface area contributed by atoms with Crippen LogP contribution < -0.4 is 4.74 Å². The highest BCUT2D eigenvalue weighted by atomic mass is 16.5. The third kappa shape index (κ3) is 4.58. The number of amides is 1. The third-order valence-corrected chi connectivity index (χ3v) is 4.98. The second kappa shape index (κ2) is 7.97. The monoisotopic (exact) mass is 346 g/mol. The van der Waals surface area contributed by atoms with Gasteiger partial charge in [0.25, 0.3) is 0 Å². The number of likely N-dealkylation sites (tertiary alicyclic amines) is 1. The Bertz CT molecular complexity index is 610. The number of esters is 1. The molecule has 2 fully saturated rings. The molecule has 1 aromatic carbocycles. The molecule has 1 amide bonds. The van der Waals surface area contributed by atoms with Crippen molar-refractivity contribution in [2.24, 2.45) is 5.92 Å². The lowest BCUT2D eigenvalue weighted by Crippen LogP contribution is -2.47. The van der Waals surface area contributed by atoms with Crippen molar-refractivity contribution in [1.29, 1.82) is 0 Å². The van der Waals surface area contributed by atoms with Gasteiger partial charge < -0.3 is 14.4 Å². The topological polar surface area (TPSA) is 59.1 Å². The van der Waals surface area contributed by atoms with Crippen LogP contribution in [-0.2, 0) is 20.7 Å². The van der Waals surface area contributed by atoms with Crippen molar-refractivity contribution in [3.05, 3.63) is 29.8 Å². The van der Waals surface area contributed by atoms with Gasteiger partial charge in [-0.15, -0.1) is 0 Å². The second-order valence-corrected chi connectivity index (χ2v) is 6.91. The first-order valence-electron chi connectivity index (χ1n) is 8.90. The summed E-state index contributed by atoms with van der Waals surface area (Å²) in [6, 6.07) is 7.57. The number of hydrogen-bond donors (Lipinski definition) is 0. The first kappa shape index (κ1) is 17.9. The Labute approximate surface area is 148 Å². The third-order valence-electron chi connectivity index (χ3n) is 4.98. The Balaban J connectivity index is 1.55. The van der Waals surface area contributed by atoms with Crippen LogP contribution in [-0.4, -0.2) is 67.1 Å². The molecular formula is C19H26N2O4. The lowest BCUT2D eigenvalue weighted by molar-refractivity contribution is -0.132. The quantitative estimate of drug-likeness (QED) is 0.608. The Hall–Kier alpha value is -1.92. The van der Waals surface area contributed by atoms with Crippen LogP contribution in [0.15, 0.2) is 24.3 Å². The van der Waals surface area contributed by atoms with E-state index in [-0.39, 0.29) is 11.9 Å². The smallest absolute Gasteiger partial charge is 0.308 e. The number of nitrogens with zero attached hydrogens (tertiary/aromatic N) is 2. The van der Waals surface area contributed by atoms with Crippen LogP contribution in [0.1, 0.15) is 19.4 Å². The molecule has 25 heavy (non-hydrogen) atoms. The van der Waals surface area contributed by atoms with Crippen molar-refractivity contribution in [3.63, 3.8) is 0 Å². The minimum absolute atomic E-state index is 0.155. The summed E-state index contributed by atoms with van der Waals surface area (Å²) in [7, 11) is 0.